The summed E-state index contributed by atoms with van der Waals surface area (Å²) in [6.45, 7) is 8.67. The lowest BCUT2D eigenvalue weighted by Gasteiger charge is -2.31. The number of ketones is 1. The fraction of sp³-hybridized carbons (Fsp3) is 0.333. The molecule has 1 heterocycles. The molecule has 43 heavy (non-hydrogen) atoms. The first kappa shape index (κ1) is 33.7. The van der Waals surface area contributed by atoms with Gasteiger partial charge in [-0.1, -0.05) is 54.1 Å². The molecule has 1 aliphatic rings. The summed E-state index contributed by atoms with van der Waals surface area (Å²) in [7, 11) is -1.03. The summed E-state index contributed by atoms with van der Waals surface area (Å²) in [6, 6.07) is 21.4. The van der Waals surface area contributed by atoms with Crippen LogP contribution in [0.3, 0.4) is 0 Å². The predicted octanol–water partition coefficient (Wildman–Crippen LogP) is 4.21. The highest BCUT2D eigenvalue weighted by Crippen LogP contribution is 2.22. The number of para-hydroxylation sites is 2. The molecule has 1 unspecified atom stereocenters. The average molecular weight is 607 g/mol. The van der Waals surface area contributed by atoms with Crippen molar-refractivity contribution in [3.8, 4) is 0 Å². The molecular weight excluding hydrogens is 564 g/mol. The molecule has 10 heteroatoms. The third kappa shape index (κ3) is 11.1. The SMILES string of the molecule is CC(=O)C(c1ccc(/C=C/C(=O)Nc2ccccc2N)cc1)N(C)CCN1CCOCC1.Cc1ccc(S(C)(=O)=O)cc1. The molecule has 1 fully saturated rings. The zero-order chi connectivity index (χ0) is 31.4. The molecular formula is C33H42N4O5S. The Morgan fingerprint density at radius 2 is 1.65 bits per heavy atom. The maximum Gasteiger partial charge on any atom is 0.248 e. The third-order valence-electron chi connectivity index (χ3n) is 7.05. The van der Waals surface area contributed by atoms with Crippen molar-refractivity contribution in [2.45, 2.75) is 24.8 Å². The van der Waals surface area contributed by atoms with E-state index in [-0.39, 0.29) is 17.7 Å². The number of rotatable bonds is 10. The maximum atomic E-state index is 12.4. The van der Waals surface area contributed by atoms with Gasteiger partial charge < -0.3 is 15.8 Å². The molecule has 0 aromatic heterocycles. The summed E-state index contributed by atoms with van der Waals surface area (Å²) in [5.41, 5.74) is 9.85. The lowest BCUT2D eigenvalue weighted by atomic mass is 10.0. The number of Topliss-reactive ketones (excluding diaryl/α,β-unsaturated/α-hetero) is 1. The average Bonchev–Trinajstić information content (AvgIpc) is 2.97. The highest BCUT2D eigenvalue weighted by atomic mass is 32.2. The molecule has 0 radical (unpaired) electrons. The van der Waals surface area contributed by atoms with Gasteiger partial charge in [0.1, 0.15) is 0 Å². The zero-order valence-electron chi connectivity index (χ0n) is 25.3. The summed E-state index contributed by atoms with van der Waals surface area (Å²) < 4.78 is 27.3. The van der Waals surface area contributed by atoms with Gasteiger partial charge in [-0.05, 0) is 62.4 Å². The number of carbonyl (C=O) groups is 2. The second kappa shape index (κ2) is 16.1. The molecule has 0 saturated carbocycles. The smallest absolute Gasteiger partial charge is 0.248 e. The first-order chi connectivity index (χ1) is 20.4. The molecule has 9 nitrogen and oxygen atoms in total. The van der Waals surface area contributed by atoms with Crippen molar-refractivity contribution < 1.29 is 22.7 Å². The first-order valence-electron chi connectivity index (χ1n) is 14.1. The van der Waals surface area contributed by atoms with Gasteiger partial charge in [0.25, 0.3) is 0 Å². The van der Waals surface area contributed by atoms with Crippen molar-refractivity contribution in [2.24, 2.45) is 0 Å². The second-order valence-electron chi connectivity index (χ2n) is 10.6. The summed E-state index contributed by atoms with van der Waals surface area (Å²) in [5.74, 6) is -0.144. The zero-order valence-corrected chi connectivity index (χ0v) is 26.1. The monoisotopic (exact) mass is 606 g/mol. The minimum atomic E-state index is -3.02. The Kier molecular flexibility index (Phi) is 12.6. The Labute approximate surface area is 255 Å². The number of hydrogen-bond acceptors (Lipinski definition) is 8. The van der Waals surface area contributed by atoms with E-state index in [4.69, 9.17) is 10.5 Å². The third-order valence-corrected chi connectivity index (χ3v) is 8.17. The van der Waals surface area contributed by atoms with E-state index >= 15 is 0 Å². The number of nitrogens with zero attached hydrogens (tertiary/aromatic N) is 2. The highest BCUT2D eigenvalue weighted by molar-refractivity contribution is 7.90. The van der Waals surface area contributed by atoms with Crippen molar-refractivity contribution in [3.05, 3.63) is 95.6 Å². The number of sulfone groups is 1. The fourth-order valence-corrected chi connectivity index (χ4v) is 5.22. The van der Waals surface area contributed by atoms with E-state index in [9.17, 15) is 18.0 Å². The number of benzene rings is 3. The fourth-order valence-electron chi connectivity index (χ4n) is 4.58. The predicted molar refractivity (Wildman–Crippen MR) is 173 cm³/mol. The molecule has 0 bridgehead atoms. The summed E-state index contributed by atoms with van der Waals surface area (Å²) >= 11 is 0. The number of nitrogens with two attached hydrogens (primary N) is 1. The Bertz CT molecular complexity index is 1480. The molecule has 1 aliphatic heterocycles. The molecule has 1 saturated heterocycles. The molecule has 3 aromatic rings. The van der Waals surface area contributed by atoms with Crippen molar-refractivity contribution in [1.82, 2.24) is 9.80 Å². The molecule has 0 spiro atoms. The molecule has 3 aromatic carbocycles. The van der Waals surface area contributed by atoms with E-state index in [0.29, 0.717) is 16.3 Å². The van der Waals surface area contributed by atoms with Gasteiger partial charge in [0.15, 0.2) is 15.6 Å². The quantitative estimate of drug-likeness (QED) is 0.260. The number of nitrogen functional groups attached to an aromatic ring is 1. The van der Waals surface area contributed by atoms with Gasteiger partial charge >= 0.3 is 0 Å². The Morgan fingerprint density at radius 3 is 2.23 bits per heavy atom. The van der Waals surface area contributed by atoms with Gasteiger partial charge in [0.2, 0.25) is 5.91 Å². The van der Waals surface area contributed by atoms with Crippen LogP contribution in [0.4, 0.5) is 11.4 Å². The Morgan fingerprint density at radius 1 is 1.02 bits per heavy atom. The van der Waals surface area contributed by atoms with Gasteiger partial charge in [0, 0.05) is 38.5 Å². The van der Waals surface area contributed by atoms with E-state index < -0.39 is 9.84 Å². The number of anilines is 2. The van der Waals surface area contributed by atoms with Gasteiger partial charge in [-0.15, -0.1) is 0 Å². The molecule has 4 rings (SSSR count). The second-order valence-corrected chi connectivity index (χ2v) is 12.6. The number of nitrogens with one attached hydrogen (secondary N) is 1. The highest BCUT2D eigenvalue weighted by Gasteiger charge is 2.22. The molecule has 3 N–H and O–H groups in total. The van der Waals surface area contributed by atoms with Crippen LogP contribution in [-0.4, -0.2) is 82.6 Å². The number of morpholine rings is 1. The van der Waals surface area contributed by atoms with Crippen LogP contribution >= 0.6 is 0 Å². The lowest BCUT2D eigenvalue weighted by Crippen LogP contribution is -2.42. The van der Waals surface area contributed by atoms with E-state index in [1.807, 2.05) is 50.4 Å². The standard InChI is InChI=1S/C25H32N4O3.C8H10O2S/c1-19(30)25(28(2)13-14-29-15-17-32-18-16-29)21-10-7-20(8-11-21)9-12-24(31)27-23-6-4-3-5-22(23)26;1-7-3-5-8(6-4-7)11(2,9)10/h3-12,25H,13-18,26H2,1-2H3,(H,27,31);3-6H,1-2H3/b12-9+;. The lowest BCUT2D eigenvalue weighted by molar-refractivity contribution is -0.122. The summed E-state index contributed by atoms with van der Waals surface area (Å²) in [5, 5.41) is 2.77. The molecule has 0 aliphatic carbocycles. The van der Waals surface area contributed by atoms with Crippen LogP contribution in [0.2, 0.25) is 0 Å². The minimum absolute atomic E-state index is 0.109. The van der Waals surface area contributed by atoms with Crippen LogP contribution in [0.25, 0.3) is 6.08 Å². The van der Waals surface area contributed by atoms with Crippen LogP contribution in [0.15, 0.2) is 83.8 Å². The number of carbonyl (C=O) groups excluding carboxylic acids is 2. The number of ether oxygens (including phenoxy) is 1. The van der Waals surface area contributed by atoms with Crippen LogP contribution in [0, 0.1) is 6.92 Å². The normalized spacial score (nSPS) is 14.6. The molecule has 230 valence electrons. The minimum Gasteiger partial charge on any atom is -0.397 e. The van der Waals surface area contributed by atoms with Crippen molar-refractivity contribution in [1.29, 1.82) is 0 Å². The van der Waals surface area contributed by atoms with Crippen molar-refractivity contribution in [3.63, 3.8) is 0 Å². The van der Waals surface area contributed by atoms with Gasteiger partial charge in [-0.3, -0.25) is 19.4 Å². The van der Waals surface area contributed by atoms with Crippen LogP contribution in [0.1, 0.15) is 29.7 Å². The first-order valence-corrected chi connectivity index (χ1v) is 16.0. The molecule has 1 atom stereocenters. The van der Waals surface area contributed by atoms with Crippen LogP contribution in [-0.2, 0) is 24.2 Å². The molecule has 1 amide bonds. The maximum absolute atomic E-state index is 12.4. The number of amides is 1. The van der Waals surface area contributed by atoms with Crippen molar-refractivity contribution >= 4 is 39.0 Å². The van der Waals surface area contributed by atoms with E-state index in [0.717, 1.165) is 56.1 Å². The number of hydrogen-bond donors (Lipinski definition) is 2. The van der Waals surface area contributed by atoms with E-state index in [1.54, 1.807) is 49.4 Å². The van der Waals surface area contributed by atoms with Gasteiger partial charge in [0.05, 0.1) is 35.5 Å². The van der Waals surface area contributed by atoms with E-state index in [2.05, 4.69) is 15.1 Å². The summed E-state index contributed by atoms with van der Waals surface area (Å²) in [4.78, 5) is 29.4. The largest absolute Gasteiger partial charge is 0.397 e. The van der Waals surface area contributed by atoms with Gasteiger partial charge in [-0.25, -0.2) is 8.42 Å². The van der Waals surface area contributed by atoms with Crippen LogP contribution < -0.4 is 11.1 Å². The van der Waals surface area contributed by atoms with Gasteiger partial charge in [-0.2, -0.15) is 0 Å². The Balaban J connectivity index is 0.000000386. The summed E-state index contributed by atoms with van der Waals surface area (Å²) in [6.07, 6.45) is 4.42. The van der Waals surface area contributed by atoms with Crippen molar-refractivity contribution in [2.75, 3.05) is 63.7 Å². The number of aryl methyl sites for hydroxylation is 1. The topological polar surface area (TPSA) is 122 Å². The Hall–Kier alpha value is -3.83. The number of likely N-dealkylation sites (N-methyl/N-ethyl adjacent to an activating group) is 1. The van der Waals surface area contributed by atoms with E-state index in [1.165, 1.54) is 12.3 Å². The van der Waals surface area contributed by atoms with Crippen LogP contribution in [0.5, 0.6) is 0 Å².